The molecule has 196 valence electrons. The Bertz CT molecular complexity index is 1370. The number of rotatable bonds is 10. The largest absolute Gasteiger partial charge is 1.00 e. The molecule has 3 rings (SSSR count). The average Bonchev–Trinajstić information content (AvgIpc) is 2.82. The number of benzene rings is 2. The average molecular weight is 610 g/mol. The number of pyridine rings is 1. The molecule has 0 spiro atoms. The molecule has 0 unspecified atom stereocenters. The van der Waals surface area contributed by atoms with Crippen LogP contribution in [0.5, 0.6) is 0 Å². The summed E-state index contributed by atoms with van der Waals surface area (Å²) in [6.07, 6.45) is 5.48. The third-order valence-electron chi connectivity index (χ3n) is 5.04. The lowest BCUT2D eigenvalue weighted by Crippen LogP contribution is -3.00. The molecule has 0 radical (unpaired) electrons. The number of nitrogens with zero attached hydrogens (tertiary/aromatic N) is 1. The van der Waals surface area contributed by atoms with Crippen molar-refractivity contribution in [3.05, 3.63) is 83.6 Å². The lowest BCUT2D eigenvalue weighted by Gasteiger charge is -2.12. The Hall–Kier alpha value is -3.28. The molecule has 2 aromatic carbocycles. The molecule has 0 aliphatic carbocycles. The van der Waals surface area contributed by atoms with Crippen molar-refractivity contribution in [3.63, 3.8) is 0 Å². The van der Waals surface area contributed by atoms with Crippen molar-refractivity contribution >= 4 is 50.7 Å². The molecule has 1 heterocycles. The zero-order valence-corrected chi connectivity index (χ0v) is 23.1. The summed E-state index contributed by atoms with van der Waals surface area (Å²) in [7, 11) is -3.97. The van der Waals surface area contributed by atoms with E-state index in [2.05, 4.69) is 10.6 Å². The summed E-state index contributed by atoms with van der Waals surface area (Å²) >= 11 is 5.98. The standard InChI is InChI=1S/C25H25ClN4O5S.BrH/c1-18(31)29-36(34,35)21-13-11-20(12-14-21)27-25(33)22-8-2-3-9-23(22)28-24(32)10-4-5-15-30-16-6-7-19(26)17-30;/h2-3,6-9,11-14,16-17H,4-5,10,15H2,1H3,(H2-,27,28,29,31,32,33);1H. The molecule has 3 aromatic rings. The summed E-state index contributed by atoms with van der Waals surface area (Å²) in [6, 6.07) is 15.6. The number of halogens is 2. The van der Waals surface area contributed by atoms with Crippen LogP contribution < -0.4 is 36.9 Å². The molecule has 1 aromatic heterocycles. The van der Waals surface area contributed by atoms with Gasteiger partial charge in [-0.1, -0.05) is 23.7 Å². The number of aryl methyl sites for hydroxylation is 1. The van der Waals surface area contributed by atoms with E-state index in [1.54, 1.807) is 30.3 Å². The minimum atomic E-state index is -3.97. The van der Waals surface area contributed by atoms with Crippen LogP contribution in [0.3, 0.4) is 0 Å². The lowest BCUT2D eigenvalue weighted by atomic mass is 10.1. The van der Waals surface area contributed by atoms with Gasteiger partial charge in [-0.25, -0.2) is 17.7 Å². The predicted molar refractivity (Wildman–Crippen MR) is 136 cm³/mol. The van der Waals surface area contributed by atoms with Gasteiger partial charge in [0.15, 0.2) is 12.4 Å². The van der Waals surface area contributed by atoms with Gasteiger partial charge in [0.2, 0.25) is 11.8 Å². The summed E-state index contributed by atoms with van der Waals surface area (Å²) in [5, 5.41) is 6.11. The van der Waals surface area contributed by atoms with E-state index < -0.39 is 21.8 Å². The van der Waals surface area contributed by atoms with Gasteiger partial charge in [0.1, 0.15) is 11.6 Å². The van der Waals surface area contributed by atoms with E-state index in [-0.39, 0.29) is 33.3 Å². The highest BCUT2D eigenvalue weighted by Gasteiger charge is 2.17. The molecular formula is C25H26BrClN4O5S. The van der Waals surface area contributed by atoms with Crippen molar-refractivity contribution in [2.45, 2.75) is 37.6 Å². The summed E-state index contributed by atoms with van der Waals surface area (Å²) in [6.45, 7) is 1.83. The third kappa shape index (κ3) is 9.27. The Kier molecular flexibility index (Phi) is 11.2. The van der Waals surface area contributed by atoms with E-state index in [4.69, 9.17) is 11.6 Å². The van der Waals surface area contributed by atoms with Crippen LogP contribution in [0.1, 0.15) is 36.5 Å². The van der Waals surface area contributed by atoms with Crippen molar-refractivity contribution in [1.82, 2.24) is 4.72 Å². The zero-order chi connectivity index (χ0) is 26.1. The third-order valence-corrected chi connectivity index (χ3v) is 6.71. The van der Waals surface area contributed by atoms with E-state index >= 15 is 0 Å². The van der Waals surface area contributed by atoms with Gasteiger partial charge in [-0.3, -0.25) is 14.4 Å². The van der Waals surface area contributed by atoms with Crippen LogP contribution in [0.4, 0.5) is 11.4 Å². The number of aromatic nitrogens is 1. The van der Waals surface area contributed by atoms with Crippen LogP contribution >= 0.6 is 11.6 Å². The number of para-hydroxylation sites is 1. The summed E-state index contributed by atoms with van der Waals surface area (Å²) in [4.78, 5) is 36.3. The number of carbonyl (C=O) groups excluding carboxylic acids is 3. The van der Waals surface area contributed by atoms with E-state index in [0.717, 1.165) is 19.9 Å². The number of carbonyl (C=O) groups is 3. The molecule has 0 aliphatic rings. The van der Waals surface area contributed by atoms with Crippen molar-refractivity contribution in [2.75, 3.05) is 10.6 Å². The van der Waals surface area contributed by atoms with E-state index in [0.29, 0.717) is 29.2 Å². The molecule has 3 N–H and O–H groups in total. The molecule has 0 saturated carbocycles. The van der Waals surface area contributed by atoms with Crippen LogP contribution in [0.25, 0.3) is 0 Å². The summed E-state index contributed by atoms with van der Waals surface area (Å²) < 4.78 is 28.0. The van der Waals surface area contributed by atoms with Crippen LogP contribution in [0, 0.1) is 0 Å². The first-order valence-corrected chi connectivity index (χ1v) is 13.0. The van der Waals surface area contributed by atoms with Gasteiger partial charge in [-0.15, -0.1) is 0 Å². The first-order chi connectivity index (χ1) is 17.1. The van der Waals surface area contributed by atoms with Crippen molar-refractivity contribution in [3.8, 4) is 0 Å². The minimum Gasteiger partial charge on any atom is -1.00 e. The molecule has 3 amide bonds. The monoisotopic (exact) mass is 608 g/mol. The van der Waals surface area contributed by atoms with Gasteiger partial charge in [0.05, 0.1) is 16.1 Å². The Morgan fingerprint density at radius 2 is 1.62 bits per heavy atom. The van der Waals surface area contributed by atoms with E-state index in [1.807, 2.05) is 27.7 Å². The molecule has 12 heteroatoms. The molecule has 0 atom stereocenters. The fraction of sp³-hybridized carbons (Fsp3) is 0.200. The quantitative estimate of drug-likeness (QED) is 0.228. The number of hydrogen-bond acceptors (Lipinski definition) is 5. The SMILES string of the molecule is CC(=O)NS(=O)(=O)c1ccc(NC(=O)c2ccccc2NC(=O)CCCC[n+]2cccc(Cl)c2)cc1.[Br-]. The van der Waals surface area contributed by atoms with Gasteiger partial charge in [-0.2, -0.15) is 0 Å². The first kappa shape index (κ1) is 29.9. The Morgan fingerprint density at radius 1 is 0.919 bits per heavy atom. The second kappa shape index (κ2) is 13.9. The normalized spacial score (nSPS) is 10.6. The van der Waals surface area contributed by atoms with Gasteiger partial charge >= 0.3 is 0 Å². The van der Waals surface area contributed by atoms with E-state index in [1.165, 1.54) is 24.3 Å². The van der Waals surface area contributed by atoms with Gasteiger partial charge < -0.3 is 27.6 Å². The molecule has 0 bridgehead atoms. The number of nitrogens with one attached hydrogen (secondary N) is 3. The number of anilines is 2. The molecule has 0 aliphatic heterocycles. The topological polar surface area (TPSA) is 125 Å². The molecule has 9 nitrogen and oxygen atoms in total. The van der Waals surface area contributed by atoms with Crippen molar-refractivity contribution in [2.24, 2.45) is 0 Å². The fourth-order valence-corrected chi connectivity index (χ4v) is 4.56. The number of hydrogen-bond donors (Lipinski definition) is 3. The predicted octanol–water partition coefficient (Wildman–Crippen LogP) is 0.518. The van der Waals surface area contributed by atoms with Crippen LogP contribution in [0.2, 0.25) is 5.02 Å². The summed E-state index contributed by atoms with van der Waals surface area (Å²) in [5.41, 5.74) is 0.978. The second-order valence-electron chi connectivity index (χ2n) is 7.95. The van der Waals surface area contributed by atoms with Gasteiger partial charge in [0, 0.05) is 31.5 Å². The highest BCUT2D eigenvalue weighted by Crippen LogP contribution is 2.19. The van der Waals surface area contributed by atoms with Gasteiger partial charge in [0.25, 0.3) is 15.9 Å². The Morgan fingerprint density at radius 3 is 2.30 bits per heavy atom. The maximum absolute atomic E-state index is 12.8. The zero-order valence-electron chi connectivity index (χ0n) is 19.9. The maximum Gasteiger partial charge on any atom is 0.264 e. The lowest BCUT2D eigenvalue weighted by molar-refractivity contribution is -0.697. The number of unbranched alkanes of at least 4 members (excludes halogenated alkanes) is 1. The highest BCUT2D eigenvalue weighted by molar-refractivity contribution is 7.90. The second-order valence-corrected chi connectivity index (χ2v) is 10.1. The van der Waals surface area contributed by atoms with Gasteiger partial charge in [-0.05, 0) is 48.9 Å². The smallest absolute Gasteiger partial charge is 0.264 e. The fourth-order valence-electron chi connectivity index (χ4n) is 3.38. The van der Waals surface area contributed by atoms with Crippen LogP contribution in [-0.2, 0) is 26.2 Å². The first-order valence-electron chi connectivity index (χ1n) is 11.1. The van der Waals surface area contributed by atoms with Crippen LogP contribution in [-0.4, -0.2) is 26.1 Å². The minimum absolute atomic E-state index is 0. The molecule has 0 saturated heterocycles. The summed E-state index contributed by atoms with van der Waals surface area (Å²) in [5.74, 6) is -1.38. The maximum atomic E-state index is 12.8. The van der Waals surface area contributed by atoms with Crippen molar-refractivity contribution in [1.29, 1.82) is 0 Å². The van der Waals surface area contributed by atoms with Crippen molar-refractivity contribution < 1.29 is 44.3 Å². The molecular weight excluding hydrogens is 584 g/mol. The molecule has 37 heavy (non-hydrogen) atoms. The Balaban J connectivity index is 0.00000481. The number of sulfonamides is 1. The number of amides is 3. The van der Waals surface area contributed by atoms with Crippen LogP contribution in [0.15, 0.2) is 78.0 Å². The van der Waals surface area contributed by atoms with E-state index in [9.17, 15) is 22.8 Å². The molecule has 0 fully saturated rings. The Labute approximate surface area is 231 Å². The highest BCUT2D eigenvalue weighted by atomic mass is 79.9.